The molecular weight excluding hydrogens is 240 g/mol. The normalized spacial score (nSPS) is 24.2. The summed E-state index contributed by atoms with van der Waals surface area (Å²) in [6.45, 7) is 7.98. The van der Waals surface area contributed by atoms with Gasteiger partial charge in [-0.3, -0.25) is 4.79 Å². The van der Waals surface area contributed by atoms with Crippen molar-refractivity contribution in [2.45, 2.75) is 38.3 Å². The fraction of sp³-hybridized carbons (Fsp3) is 0.533. The van der Waals surface area contributed by atoms with Gasteiger partial charge in [-0.15, -0.1) is 0 Å². The first-order valence-electron chi connectivity index (χ1n) is 6.69. The van der Waals surface area contributed by atoms with Gasteiger partial charge in [-0.1, -0.05) is 45.0 Å². The molecule has 0 aromatic heterocycles. The molecule has 3 N–H and O–H groups in total. The number of benzene rings is 1. The topological polar surface area (TPSA) is 61.4 Å². The van der Waals surface area contributed by atoms with Crippen LogP contribution in [0.4, 0.5) is 0 Å². The molecule has 0 radical (unpaired) electrons. The number of rotatable bonds is 2. The van der Waals surface area contributed by atoms with Crippen LogP contribution >= 0.6 is 0 Å². The maximum atomic E-state index is 11.3. The summed E-state index contributed by atoms with van der Waals surface area (Å²) < 4.78 is 0. The number of carbonyl (C=O) groups is 1. The zero-order chi connectivity index (χ0) is 14.0. The molecule has 0 amide bonds. The van der Waals surface area contributed by atoms with Crippen LogP contribution in [0.1, 0.15) is 37.9 Å². The van der Waals surface area contributed by atoms with E-state index in [1.165, 1.54) is 5.56 Å². The molecule has 1 fully saturated rings. The van der Waals surface area contributed by atoms with Crippen LogP contribution in [-0.2, 0) is 10.2 Å². The molecule has 2 rings (SSSR count). The van der Waals surface area contributed by atoms with Gasteiger partial charge >= 0.3 is 5.97 Å². The molecule has 1 heterocycles. The van der Waals surface area contributed by atoms with E-state index in [1.807, 2.05) is 12.1 Å². The lowest BCUT2D eigenvalue weighted by molar-refractivity contribution is -0.140. The minimum Gasteiger partial charge on any atom is -0.480 e. The van der Waals surface area contributed by atoms with Gasteiger partial charge in [0.05, 0.1) is 6.04 Å². The number of hydrogen-bond acceptors (Lipinski definition) is 3. The molecule has 0 aliphatic carbocycles. The number of hydrogen-bond donors (Lipinski definition) is 3. The predicted octanol–water partition coefficient (Wildman–Crippen LogP) is 1.67. The molecule has 1 aromatic carbocycles. The maximum Gasteiger partial charge on any atom is 0.322 e. The molecule has 2 unspecified atom stereocenters. The highest BCUT2D eigenvalue weighted by Crippen LogP contribution is 2.25. The average molecular weight is 262 g/mol. The van der Waals surface area contributed by atoms with E-state index in [0.717, 1.165) is 12.1 Å². The van der Waals surface area contributed by atoms with Crippen molar-refractivity contribution in [1.82, 2.24) is 10.6 Å². The first-order chi connectivity index (χ1) is 8.89. The minimum absolute atomic E-state index is 0.114. The molecule has 0 saturated carbocycles. The largest absolute Gasteiger partial charge is 0.480 e. The Morgan fingerprint density at radius 2 is 1.74 bits per heavy atom. The molecule has 0 bridgehead atoms. The molecule has 1 aliphatic heterocycles. The van der Waals surface area contributed by atoms with Gasteiger partial charge in [-0.2, -0.15) is 0 Å². The average Bonchev–Trinajstić information content (AvgIpc) is 2.38. The lowest BCUT2D eigenvalue weighted by atomic mass is 9.85. The smallest absolute Gasteiger partial charge is 0.322 e. The van der Waals surface area contributed by atoms with Gasteiger partial charge in [0.25, 0.3) is 0 Å². The van der Waals surface area contributed by atoms with Gasteiger partial charge in [0.15, 0.2) is 0 Å². The van der Waals surface area contributed by atoms with Gasteiger partial charge < -0.3 is 15.7 Å². The van der Waals surface area contributed by atoms with Crippen molar-refractivity contribution < 1.29 is 9.90 Å². The number of nitrogens with one attached hydrogen (secondary N) is 2. The Hall–Kier alpha value is -1.39. The molecule has 104 valence electrons. The van der Waals surface area contributed by atoms with E-state index >= 15 is 0 Å². The van der Waals surface area contributed by atoms with Crippen LogP contribution in [0.25, 0.3) is 0 Å². The Bertz CT molecular complexity index is 448. The second-order valence-electron chi connectivity index (χ2n) is 6.07. The summed E-state index contributed by atoms with van der Waals surface area (Å²) in [5.74, 6) is -0.808. The van der Waals surface area contributed by atoms with Crippen LogP contribution in [0.15, 0.2) is 24.3 Å². The van der Waals surface area contributed by atoms with Crippen molar-refractivity contribution in [3.63, 3.8) is 0 Å². The Labute approximate surface area is 114 Å². The van der Waals surface area contributed by atoms with E-state index in [1.54, 1.807) is 0 Å². The summed E-state index contributed by atoms with van der Waals surface area (Å²) in [5.41, 5.74) is 2.39. The molecule has 1 aromatic rings. The monoisotopic (exact) mass is 262 g/mol. The van der Waals surface area contributed by atoms with Crippen molar-refractivity contribution in [2.75, 3.05) is 13.1 Å². The highest BCUT2D eigenvalue weighted by molar-refractivity contribution is 5.75. The lowest BCUT2D eigenvalue weighted by Crippen LogP contribution is -2.54. The number of piperazine rings is 1. The maximum absolute atomic E-state index is 11.3. The summed E-state index contributed by atoms with van der Waals surface area (Å²) in [6, 6.07) is 7.51. The van der Waals surface area contributed by atoms with E-state index in [0.29, 0.717) is 6.54 Å². The first-order valence-corrected chi connectivity index (χ1v) is 6.69. The first kappa shape index (κ1) is 14.0. The quantitative estimate of drug-likeness (QED) is 0.759. The van der Waals surface area contributed by atoms with E-state index in [-0.39, 0.29) is 11.5 Å². The van der Waals surface area contributed by atoms with Gasteiger partial charge in [0.1, 0.15) is 6.04 Å². The van der Waals surface area contributed by atoms with Gasteiger partial charge in [0, 0.05) is 13.1 Å². The predicted molar refractivity (Wildman–Crippen MR) is 75.3 cm³/mol. The van der Waals surface area contributed by atoms with Crippen molar-refractivity contribution in [2.24, 2.45) is 0 Å². The summed E-state index contributed by atoms with van der Waals surface area (Å²) in [7, 11) is 0. The zero-order valence-electron chi connectivity index (χ0n) is 11.7. The summed E-state index contributed by atoms with van der Waals surface area (Å²) in [5, 5.41) is 15.6. The van der Waals surface area contributed by atoms with Crippen molar-refractivity contribution in [1.29, 1.82) is 0 Å². The SMILES string of the molecule is CC(C)(C)c1ccc(C2NCCNC2C(=O)O)cc1. The van der Waals surface area contributed by atoms with Gasteiger partial charge in [0.2, 0.25) is 0 Å². The van der Waals surface area contributed by atoms with Crippen LogP contribution in [0.2, 0.25) is 0 Å². The number of aliphatic carboxylic acids is 1. The lowest BCUT2D eigenvalue weighted by Gasteiger charge is -2.31. The Morgan fingerprint density at radius 3 is 2.26 bits per heavy atom. The number of carboxylic acids is 1. The highest BCUT2D eigenvalue weighted by Gasteiger charge is 2.31. The molecule has 1 aliphatic rings. The van der Waals surface area contributed by atoms with Crippen LogP contribution < -0.4 is 10.6 Å². The summed E-state index contributed by atoms with van der Waals surface area (Å²) in [6.07, 6.45) is 0. The highest BCUT2D eigenvalue weighted by atomic mass is 16.4. The molecule has 2 atom stereocenters. The molecule has 19 heavy (non-hydrogen) atoms. The Kier molecular flexibility index (Phi) is 3.92. The summed E-state index contributed by atoms with van der Waals surface area (Å²) >= 11 is 0. The Balaban J connectivity index is 2.23. The second-order valence-corrected chi connectivity index (χ2v) is 6.07. The Morgan fingerprint density at radius 1 is 1.16 bits per heavy atom. The van der Waals surface area contributed by atoms with Gasteiger partial charge in [-0.05, 0) is 16.5 Å². The second kappa shape index (κ2) is 5.31. The zero-order valence-corrected chi connectivity index (χ0v) is 11.7. The summed E-state index contributed by atoms with van der Waals surface area (Å²) in [4.78, 5) is 11.3. The van der Waals surface area contributed by atoms with Crippen molar-refractivity contribution in [3.05, 3.63) is 35.4 Å². The molecule has 4 heteroatoms. The standard InChI is InChI=1S/C15H22N2O2/c1-15(2,3)11-6-4-10(5-7-11)12-13(14(18)19)17-9-8-16-12/h4-7,12-13,16-17H,8-9H2,1-3H3,(H,18,19). The van der Waals surface area contributed by atoms with Gasteiger partial charge in [-0.25, -0.2) is 0 Å². The minimum atomic E-state index is -0.808. The van der Waals surface area contributed by atoms with Crippen LogP contribution in [-0.4, -0.2) is 30.2 Å². The molecule has 0 spiro atoms. The third-order valence-corrected chi connectivity index (χ3v) is 3.59. The van der Waals surface area contributed by atoms with E-state index < -0.39 is 12.0 Å². The van der Waals surface area contributed by atoms with E-state index in [2.05, 4.69) is 43.5 Å². The third kappa shape index (κ3) is 3.14. The fourth-order valence-electron chi connectivity index (χ4n) is 2.42. The van der Waals surface area contributed by atoms with E-state index in [9.17, 15) is 9.90 Å². The molecule has 1 saturated heterocycles. The number of carboxylic acid groups (broad SMARTS) is 1. The fourth-order valence-corrected chi connectivity index (χ4v) is 2.42. The van der Waals surface area contributed by atoms with Crippen LogP contribution in [0, 0.1) is 0 Å². The third-order valence-electron chi connectivity index (χ3n) is 3.59. The van der Waals surface area contributed by atoms with Crippen molar-refractivity contribution >= 4 is 5.97 Å². The van der Waals surface area contributed by atoms with Crippen LogP contribution in [0.5, 0.6) is 0 Å². The molecule has 4 nitrogen and oxygen atoms in total. The van der Waals surface area contributed by atoms with Crippen LogP contribution in [0.3, 0.4) is 0 Å². The van der Waals surface area contributed by atoms with E-state index in [4.69, 9.17) is 0 Å². The van der Waals surface area contributed by atoms with Crippen molar-refractivity contribution in [3.8, 4) is 0 Å². The molecular formula is C15H22N2O2.